The van der Waals surface area contributed by atoms with E-state index in [1.807, 2.05) is 11.8 Å². The van der Waals surface area contributed by atoms with Crippen molar-refractivity contribution in [3.63, 3.8) is 0 Å². The number of likely N-dealkylation sites (N-methyl/N-ethyl adjacent to an activating group) is 1. The molecule has 1 saturated carbocycles. The highest BCUT2D eigenvalue weighted by molar-refractivity contribution is 8.13. The summed E-state index contributed by atoms with van der Waals surface area (Å²) in [4.78, 5) is 7.28. The molecule has 0 aromatic heterocycles. The SMILES string of the molecule is CCCN(CC)CCNC1=NCC2(CCCC2)CS1. The van der Waals surface area contributed by atoms with Gasteiger partial charge in [-0.05, 0) is 37.8 Å². The van der Waals surface area contributed by atoms with E-state index < -0.39 is 0 Å². The Bertz CT molecular complexity index is 298. The van der Waals surface area contributed by atoms with Gasteiger partial charge in [0.1, 0.15) is 0 Å². The summed E-state index contributed by atoms with van der Waals surface area (Å²) in [7, 11) is 0. The summed E-state index contributed by atoms with van der Waals surface area (Å²) in [5.74, 6) is 1.28. The molecule has 0 atom stereocenters. The van der Waals surface area contributed by atoms with Crippen LogP contribution in [0.4, 0.5) is 0 Å². The van der Waals surface area contributed by atoms with Crippen LogP contribution < -0.4 is 5.32 Å². The summed E-state index contributed by atoms with van der Waals surface area (Å²) < 4.78 is 0. The van der Waals surface area contributed by atoms with E-state index in [-0.39, 0.29) is 0 Å². The summed E-state index contributed by atoms with van der Waals surface area (Å²) in [6, 6.07) is 0. The first kappa shape index (κ1) is 15.2. The average molecular weight is 283 g/mol. The minimum absolute atomic E-state index is 0.563. The van der Waals surface area contributed by atoms with Gasteiger partial charge in [0.15, 0.2) is 5.17 Å². The van der Waals surface area contributed by atoms with Crippen LogP contribution in [-0.4, -0.2) is 48.5 Å². The van der Waals surface area contributed by atoms with Crippen molar-refractivity contribution in [3.05, 3.63) is 0 Å². The van der Waals surface area contributed by atoms with E-state index >= 15 is 0 Å². The third kappa shape index (κ3) is 4.38. The average Bonchev–Trinajstić information content (AvgIpc) is 2.89. The van der Waals surface area contributed by atoms with Crippen molar-refractivity contribution in [2.45, 2.75) is 46.0 Å². The Balaban J connectivity index is 1.68. The van der Waals surface area contributed by atoms with Crippen molar-refractivity contribution in [2.24, 2.45) is 10.4 Å². The fraction of sp³-hybridized carbons (Fsp3) is 0.933. The smallest absolute Gasteiger partial charge is 0.156 e. The van der Waals surface area contributed by atoms with Gasteiger partial charge in [-0.25, -0.2) is 0 Å². The number of thioether (sulfide) groups is 1. The molecular weight excluding hydrogens is 254 g/mol. The molecule has 1 N–H and O–H groups in total. The van der Waals surface area contributed by atoms with E-state index in [4.69, 9.17) is 4.99 Å². The zero-order valence-electron chi connectivity index (χ0n) is 12.6. The van der Waals surface area contributed by atoms with Crippen LogP contribution in [0.5, 0.6) is 0 Å². The number of nitrogens with zero attached hydrogens (tertiary/aromatic N) is 2. The van der Waals surface area contributed by atoms with Gasteiger partial charge in [-0.2, -0.15) is 0 Å². The van der Waals surface area contributed by atoms with E-state index in [1.54, 1.807) is 0 Å². The van der Waals surface area contributed by atoms with Crippen molar-refractivity contribution in [1.82, 2.24) is 10.2 Å². The molecule has 19 heavy (non-hydrogen) atoms. The monoisotopic (exact) mass is 283 g/mol. The summed E-state index contributed by atoms with van der Waals surface area (Å²) >= 11 is 1.95. The molecular formula is C15H29N3S. The highest BCUT2D eigenvalue weighted by Gasteiger charge is 2.36. The van der Waals surface area contributed by atoms with E-state index in [2.05, 4.69) is 24.1 Å². The van der Waals surface area contributed by atoms with Crippen LogP contribution >= 0.6 is 11.8 Å². The minimum Gasteiger partial charge on any atom is -0.364 e. The van der Waals surface area contributed by atoms with Crippen molar-refractivity contribution >= 4 is 16.9 Å². The van der Waals surface area contributed by atoms with Crippen LogP contribution in [0.25, 0.3) is 0 Å². The Morgan fingerprint density at radius 1 is 1.26 bits per heavy atom. The minimum atomic E-state index is 0.563. The van der Waals surface area contributed by atoms with Crippen molar-refractivity contribution in [1.29, 1.82) is 0 Å². The Morgan fingerprint density at radius 2 is 2.05 bits per heavy atom. The van der Waals surface area contributed by atoms with Crippen LogP contribution in [0, 0.1) is 5.41 Å². The van der Waals surface area contributed by atoms with Gasteiger partial charge in [0.25, 0.3) is 0 Å². The molecule has 1 spiro atoms. The second-order valence-corrected chi connectivity index (χ2v) is 6.94. The molecule has 0 aromatic carbocycles. The first-order chi connectivity index (χ1) is 9.28. The molecule has 0 unspecified atom stereocenters. The van der Waals surface area contributed by atoms with Crippen LogP contribution in [-0.2, 0) is 0 Å². The zero-order valence-corrected chi connectivity index (χ0v) is 13.4. The van der Waals surface area contributed by atoms with E-state index in [0.717, 1.165) is 26.2 Å². The van der Waals surface area contributed by atoms with Crippen LogP contribution in [0.2, 0.25) is 0 Å². The third-order valence-corrected chi connectivity index (χ3v) is 5.73. The van der Waals surface area contributed by atoms with Gasteiger partial charge in [-0.1, -0.05) is 38.5 Å². The standard InChI is InChI=1S/C15H29N3S/c1-3-10-18(4-2)11-9-16-14-17-12-15(13-19-14)7-5-6-8-15/h3-13H2,1-2H3,(H,16,17). The van der Waals surface area contributed by atoms with Gasteiger partial charge in [-0.3, -0.25) is 4.99 Å². The quantitative estimate of drug-likeness (QED) is 0.812. The normalized spacial score (nSPS) is 21.9. The van der Waals surface area contributed by atoms with Gasteiger partial charge < -0.3 is 10.2 Å². The maximum Gasteiger partial charge on any atom is 0.156 e. The maximum atomic E-state index is 4.78. The third-order valence-electron chi connectivity index (χ3n) is 4.43. The Labute approximate surface area is 122 Å². The number of aliphatic imine (C=N–C) groups is 1. The van der Waals surface area contributed by atoms with Crippen LogP contribution in [0.1, 0.15) is 46.0 Å². The maximum absolute atomic E-state index is 4.78. The lowest BCUT2D eigenvalue weighted by atomic mass is 9.89. The molecule has 1 aliphatic heterocycles. The Morgan fingerprint density at radius 3 is 2.63 bits per heavy atom. The topological polar surface area (TPSA) is 27.6 Å². The lowest BCUT2D eigenvalue weighted by Gasteiger charge is -2.31. The summed E-state index contributed by atoms with van der Waals surface area (Å²) in [5.41, 5.74) is 0.563. The van der Waals surface area contributed by atoms with Gasteiger partial charge in [-0.15, -0.1) is 0 Å². The highest BCUT2D eigenvalue weighted by atomic mass is 32.2. The zero-order chi connectivity index (χ0) is 13.6. The fourth-order valence-corrected chi connectivity index (χ4v) is 4.33. The van der Waals surface area contributed by atoms with E-state index in [9.17, 15) is 0 Å². The molecule has 0 aromatic rings. The first-order valence-corrected chi connectivity index (χ1v) is 8.90. The van der Waals surface area contributed by atoms with Crippen LogP contribution in [0.3, 0.4) is 0 Å². The van der Waals surface area contributed by atoms with Crippen molar-refractivity contribution in [2.75, 3.05) is 38.5 Å². The molecule has 0 bridgehead atoms. The molecule has 1 heterocycles. The highest BCUT2D eigenvalue weighted by Crippen LogP contribution is 2.43. The molecule has 2 rings (SSSR count). The summed E-state index contributed by atoms with van der Waals surface area (Å²) in [5, 5.41) is 4.71. The molecule has 1 aliphatic carbocycles. The largest absolute Gasteiger partial charge is 0.364 e. The summed E-state index contributed by atoms with van der Waals surface area (Å²) in [6.45, 7) is 10.1. The number of rotatable bonds is 6. The van der Waals surface area contributed by atoms with Crippen molar-refractivity contribution in [3.8, 4) is 0 Å². The fourth-order valence-electron chi connectivity index (χ4n) is 3.15. The number of hydrogen-bond acceptors (Lipinski definition) is 4. The van der Waals surface area contributed by atoms with E-state index in [0.29, 0.717) is 5.41 Å². The second kappa shape index (κ2) is 7.53. The Hall–Kier alpha value is -0.220. The lowest BCUT2D eigenvalue weighted by molar-refractivity contribution is 0.293. The molecule has 2 aliphatic rings. The lowest BCUT2D eigenvalue weighted by Crippen LogP contribution is -2.37. The Kier molecular flexibility index (Phi) is 6.02. The van der Waals surface area contributed by atoms with Gasteiger partial charge >= 0.3 is 0 Å². The molecule has 0 amide bonds. The molecule has 1 fully saturated rings. The van der Waals surface area contributed by atoms with E-state index in [1.165, 1.54) is 49.6 Å². The molecule has 0 radical (unpaired) electrons. The number of hydrogen-bond donors (Lipinski definition) is 1. The van der Waals surface area contributed by atoms with Gasteiger partial charge in [0.2, 0.25) is 0 Å². The molecule has 4 heteroatoms. The van der Waals surface area contributed by atoms with Gasteiger partial charge in [0, 0.05) is 25.4 Å². The first-order valence-electron chi connectivity index (χ1n) is 7.91. The predicted octanol–water partition coefficient (Wildman–Crippen LogP) is 2.97. The molecule has 3 nitrogen and oxygen atoms in total. The summed E-state index contributed by atoms with van der Waals surface area (Å²) in [6.07, 6.45) is 6.88. The van der Waals surface area contributed by atoms with Crippen LogP contribution in [0.15, 0.2) is 4.99 Å². The molecule has 0 saturated heterocycles. The number of amidine groups is 1. The number of nitrogens with one attached hydrogen (secondary N) is 1. The molecule has 110 valence electrons. The van der Waals surface area contributed by atoms with Gasteiger partial charge in [0.05, 0.1) is 0 Å². The van der Waals surface area contributed by atoms with Crippen molar-refractivity contribution < 1.29 is 0 Å². The predicted molar refractivity (Wildman–Crippen MR) is 86.1 cm³/mol. The second-order valence-electron chi connectivity index (χ2n) is 5.98.